The van der Waals surface area contributed by atoms with E-state index < -0.39 is 0 Å². The molecule has 0 aliphatic rings. The van der Waals surface area contributed by atoms with Gasteiger partial charge in [0.05, 0.1) is 0 Å². The van der Waals surface area contributed by atoms with E-state index in [2.05, 4.69) is 39.5 Å². The van der Waals surface area contributed by atoms with Crippen molar-refractivity contribution in [3.63, 3.8) is 0 Å². The minimum atomic E-state index is 0. The summed E-state index contributed by atoms with van der Waals surface area (Å²) in [6.45, 7) is 22.3. The first-order chi connectivity index (χ1) is 9.69. The second-order valence-electron chi connectivity index (χ2n) is 4.17. The van der Waals surface area contributed by atoms with E-state index in [1.165, 1.54) is 0 Å². The van der Waals surface area contributed by atoms with Crippen molar-refractivity contribution in [2.24, 2.45) is 0 Å². The quantitative estimate of drug-likeness (QED) is 0.130. The van der Waals surface area contributed by atoms with Crippen molar-refractivity contribution >= 4 is 29.3 Å². The topological polar surface area (TPSA) is 0 Å². The molecule has 0 N–H and O–H groups in total. The number of hydrogen-bond donors (Lipinski definition) is 0. The summed E-state index contributed by atoms with van der Waals surface area (Å²) in [6, 6.07) is 0. The van der Waals surface area contributed by atoms with Crippen LogP contribution in [0.3, 0.4) is 0 Å². The van der Waals surface area contributed by atoms with Crippen LogP contribution in [0.4, 0.5) is 0 Å². The van der Waals surface area contributed by atoms with Crippen LogP contribution in [-0.4, -0.2) is 37.0 Å². The molecule has 23 heavy (non-hydrogen) atoms. The van der Waals surface area contributed by atoms with Gasteiger partial charge in [0.25, 0.3) is 0 Å². The summed E-state index contributed by atoms with van der Waals surface area (Å²) in [6.07, 6.45) is 18.7. The van der Waals surface area contributed by atoms with E-state index in [9.17, 15) is 0 Å². The molecular formula is C18H30Au2P2S. The second kappa shape index (κ2) is 31.0. The van der Waals surface area contributed by atoms with Gasteiger partial charge in [-0.15, -0.1) is 39.5 Å². The first-order valence-electron chi connectivity index (χ1n) is 6.80. The summed E-state index contributed by atoms with van der Waals surface area (Å²) in [5.41, 5.74) is 0. The zero-order valence-electron chi connectivity index (χ0n) is 13.9. The Morgan fingerprint density at radius 1 is 0.435 bits per heavy atom. The third-order valence-corrected chi connectivity index (χ3v) is 6.97. The minimum absolute atomic E-state index is 0. The molecule has 0 aromatic carbocycles. The smallest absolute Gasteiger partial charge is 1.00 e. The molecule has 0 aliphatic heterocycles. The third-order valence-electron chi connectivity index (χ3n) is 2.32. The van der Waals surface area contributed by atoms with Gasteiger partial charge in [-0.05, 0) is 37.0 Å². The molecule has 0 aromatic heterocycles. The summed E-state index contributed by atoms with van der Waals surface area (Å²) in [7, 11) is 0.170. The van der Waals surface area contributed by atoms with Gasteiger partial charge in [0, 0.05) is 0 Å². The number of rotatable bonds is 12. The average molecular weight is 734 g/mol. The van der Waals surface area contributed by atoms with Crippen LogP contribution in [0.5, 0.6) is 0 Å². The maximum atomic E-state index is 3.71. The molecule has 0 aliphatic carbocycles. The number of hydrogen-bond acceptors (Lipinski definition) is 0. The molecule has 0 nitrogen and oxygen atoms in total. The van der Waals surface area contributed by atoms with E-state index in [0.29, 0.717) is 0 Å². The molecule has 0 amide bonds. The molecule has 0 heterocycles. The van der Waals surface area contributed by atoms with Gasteiger partial charge in [-0.3, -0.25) is 0 Å². The van der Waals surface area contributed by atoms with E-state index in [0.717, 1.165) is 37.0 Å². The predicted octanol–water partition coefficient (Wildman–Crippen LogP) is 6.05. The maximum absolute atomic E-state index is 3.71. The van der Waals surface area contributed by atoms with Crippen LogP contribution in [0, 0.1) is 0 Å². The Kier molecular flexibility index (Phi) is 47.5. The Hall–Kier alpha value is 1.13. The standard InChI is InChI=1S/2C9H15P.2Au.S/c2*1-4-7-10(8-5-2)9-6-3;;;/h2*4-6H,1-3,7-9H2;;;/q;;2*+1;-2. The fraction of sp³-hybridized carbons (Fsp3) is 0.333. The zero-order chi connectivity index (χ0) is 15.6. The van der Waals surface area contributed by atoms with Gasteiger partial charge in [-0.1, -0.05) is 52.3 Å². The molecule has 0 spiro atoms. The zero-order valence-corrected chi connectivity index (χ0v) is 20.8. The monoisotopic (exact) mass is 734 g/mol. The van der Waals surface area contributed by atoms with Crippen LogP contribution >= 0.6 is 15.8 Å². The maximum Gasteiger partial charge on any atom is 1.00 e. The molecule has 140 valence electrons. The van der Waals surface area contributed by atoms with Gasteiger partial charge in [0.15, 0.2) is 0 Å². The fourth-order valence-electron chi connectivity index (χ4n) is 1.54. The summed E-state index contributed by atoms with van der Waals surface area (Å²) in [5, 5.41) is 0. The Morgan fingerprint density at radius 2 is 0.565 bits per heavy atom. The second-order valence-corrected chi connectivity index (χ2v) is 9.04. The molecule has 0 aromatic rings. The van der Waals surface area contributed by atoms with Crippen LogP contribution < -0.4 is 0 Å². The van der Waals surface area contributed by atoms with Crippen molar-refractivity contribution < 1.29 is 44.8 Å². The van der Waals surface area contributed by atoms with Crippen LogP contribution in [0.15, 0.2) is 75.9 Å². The van der Waals surface area contributed by atoms with Gasteiger partial charge in [0.1, 0.15) is 0 Å². The molecule has 0 radical (unpaired) electrons. The summed E-state index contributed by atoms with van der Waals surface area (Å²) in [5.74, 6) is 0. The third kappa shape index (κ3) is 28.2. The molecule has 0 saturated heterocycles. The molecule has 5 heteroatoms. The van der Waals surface area contributed by atoms with Crippen LogP contribution in [0.1, 0.15) is 0 Å². The molecule has 0 atom stereocenters. The van der Waals surface area contributed by atoms with Crippen molar-refractivity contribution in [1.29, 1.82) is 0 Å². The van der Waals surface area contributed by atoms with Crippen molar-refractivity contribution in [2.45, 2.75) is 0 Å². The van der Waals surface area contributed by atoms with E-state index in [1.807, 2.05) is 36.5 Å². The first kappa shape index (κ1) is 35.3. The van der Waals surface area contributed by atoms with Crippen molar-refractivity contribution in [2.75, 3.05) is 37.0 Å². The fourth-order valence-corrected chi connectivity index (χ4v) is 4.63. The van der Waals surface area contributed by atoms with E-state index in [-0.39, 0.29) is 74.1 Å². The van der Waals surface area contributed by atoms with E-state index in [4.69, 9.17) is 0 Å². The van der Waals surface area contributed by atoms with Gasteiger partial charge >= 0.3 is 44.8 Å². The largest absolute Gasteiger partial charge is 2.00 e. The molecule has 0 bridgehead atoms. The van der Waals surface area contributed by atoms with Crippen molar-refractivity contribution in [3.05, 3.63) is 75.9 Å². The van der Waals surface area contributed by atoms with Crippen LogP contribution in [0.2, 0.25) is 0 Å². The molecule has 0 rings (SSSR count). The van der Waals surface area contributed by atoms with Gasteiger partial charge < -0.3 is 13.5 Å². The Balaban J connectivity index is -0.0000000831. The average Bonchev–Trinajstić information content (AvgIpc) is 2.41. The van der Waals surface area contributed by atoms with Crippen molar-refractivity contribution in [3.8, 4) is 0 Å². The minimum Gasteiger partial charge on any atom is -2.00 e. The molecule has 0 fully saturated rings. The molecule has 0 saturated carbocycles. The van der Waals surface area contributed by atoms with Crippen molar-refractivity contribution in [1.82, 2.24) is 0 Å². The predicted molar refractivity (Wildman–Crippen MR) is 112 cm³/mol. The summed E-state index contributed by atoms with van der Waals surface area (Å²) >= 11 is 0. The summed E-state index contributed by atoms with van der Waals surface area (Å²) in [4.78, 5) is 0. The van der Waals surface area contributed by atoms with Gasteiger partial charge in [0.2, 0.25) is 0 Å². The Morgan fingerprint density at radius 3 is 0.652 bits per heavy atom. The summed E-state index contributed by atoms with van der Waals surface area (Å²) < 4.78 is 0. The molecular weight excluding hydrogens is 704 g/mol. The van der Waals surface area contributed by atoms with Crippen LogP contribution in [0.25, 0.3) is 0 Å². The Labute approximate surface area is 185 Å². The van der Waals surface area contributed by atoms with Gasteiger partial charge in [-0.25, -0.2) is 0 Å². The van der Waals surface area contributed by atoms with Gasteiger partial charge in [-0.2, -0.15) is 0 Å². The Bertz CT molecular complexity index is 230. The number of allylic oxidation sites excluding steroid dienone is 6. The first-order valence-corrected chi connectivity index (χ1v) is 10.6. The normalized spacial score (nSPS) is 8.09. The SMILES string of the molecule is C=CCP(CC=C)CC=C.C=CCP(CC=C)CC=C.[Au+].[Au+].[S-2]. The molecule has 0 unspecified atom stereocenters. The van der Waals surface area contributed by atoms with E-state index >= 15 is 0 Å². The van der Waals surface area contributed by atoms with Crippen LogP contribution in [-0.2, 0) is 58.3 Å². The van der Waals surface area contributed by atoms with E-state index in [1.54, 1.807) is 0 Å².